The molecule has 0 aromatic carbocycles. The van der Waals surface area contributed by atoms with Gasteiger partial charge in [0.15, 0.2) is 0 Å². The monoisotopic (exact) mass is 271 g/mol. The Morgan fingerprint density at radius 1 is 1.17 bits per heavy atom. The van der Waals surface area contributed by atoms with Crippen LogP contribution in [-0.2, 0) is 0 Å². The van der Waals surface area contributed by atoms with E-state index in [9.17, 15) is 0 Å². The largest absolute Gasteiger partial charge is 0.464 e. The first-order chi connectivity index (χ1) is 8.69. The Hall–Kier alpha value is -1.10. The second kappa shape index (κ2) is 6.18. The van der Waals surface area contributed by atoms with Crippen molar-refractivity contribution < 1.29 is 9.47 Å². The first kappa shape index (κ1) is 13.3. The predicted octanol–water partition coefficient (Wildman–Crippen LogP) is 2.88. The zero-order chi connectivity index (χ0) is 13.0. The van der Waals surface area contributed by atoms with Gasteiger partial charge in [0.2, 0.25) is 5.28 Å². The summed E-state index contributed by atoms with van der Waals surface area (Å²) in [6.45, 7) is 4.54. The number of aromatic nitrogens is 3. The highest BCUT2D eigenvalue weighted by atomic mass is 35.5. The topological polar surface area (TPSA) is 57.1 Å². The lowest BCUT2D eigenvalue weighted by atomic mass is 9.88. The molecule has 0 N–H and O–H groups in total. The zero-order valence-electron chi connectivity index (χ0n) is 10.7. The molecule has 2 atom stereocenters. The zero-order valence-corrected chi connectivity index (χ0v) is 11.5. The van der Waals surface area contributed by atoms with Gasteiger partial charge in [0.1, 0.15) is 6.10 Å². The van der Waals surface area contributed by atoms with E-state index in [4.69, 9.17) is 21.1 Å². The highest BCUT2D eigenvalue weighted by Gasteiger charge is 2.24. The van der Waals surface area contributed by atoms with Gasteiger partial charge < -0.3 is 9.47 Å². The maximum Gasteiger partial charge on any atom is 0.324 e. The van der Waals surface area contributed by atoms with E-state index in [2.05, 4.69) is 21.9 Å². The van der Waals surface area contributed by atoms with Crippen molar-refractivity contribution in [2.45, 2.75) is 45.6 Å². The van der Waals surface area contributed by atoms with E-state index in [1.807, 2.05) is 6.92 Å². The van der Waals surface area contributed by atoms with Crippen LogP contribution < -0.4 is 9.47 Å². The fraction of sp³-hybridized carbons (Fsp3) is 0.750. The summed E-state index contributed by atoms with van der Waals surface area (Å²) in [5.74, 6) is 0.518. The lowest BCUT2D eigenvalue weighted by Crippen LogP contribution is -2.29. The third-order valence-corrected chi connectivity index (χ3v) is 3.30. The van der Waals surface area contributed by atoms with Crippen LogP contribution in [0.1, 0.15) is 39.5 Å². The number of hydrogen-bond acceptors (Lipinski definition) is 5. The van der Waals surface area contributed by atoms with Crippen LogP contribution in [0.3, 0.4) is 0 Å². The molecule has 0 aliphatic heterocycles. The molecular formula is C12H18ClN3O2. The van der Waals surface area contributed by atoms with Crippen LogP contribution in [0.15, 0.2) is 0 Å². The number of ether oxygens (including phenoxy) is 2. The van der Waals surface area contributed by atoms with E-state index >= 15 is 0 Å². The molecule has 5 nitrogen and oxygen atoms in total. The van der Waals surface area contributed by atoms with Crippen molar-refractivity contribution in [1.82, 2.24) is 15.0 Å². The van der Waals surface area contributed by atoms with Gasteiger partial charge in [-0.1, -0.05) is 13.3 Å². The van der Waals surface area contributed by atoms with E-state index in [1.165, 1.54) is 19.3 Å². The summed E-state index contributed by atoms with van der Waals surface area (Å²) in [6, 6.07) is 0.480. The first-order valence-electron chi connectivity index (χ1n) is 6.40. The van der Waals surface area contributed by atoms with Gasteiger partial charge in [-0.2, -0.15) is 9.97 Å². The number of nitrogens with zero attached hydrogens (tertiary/aromatic N) is 3. The highest BCUT2D eigenvalue weighted by molar-refractivity contribution is 6.28. The first-order valence-corrected chi connectivity index (χ1v) is 6.78. The van der Waals surface area contributed by atoms with Crippen molar-refractivity contribution in [3.05, 3.63) is 5.28 Å². The molecule has 1 aromatic rings. The molecule has 1 aliphatic carbocycles. The molecule has 0 saturated heterocycles. The molecule has 2 rings (SSSR count). The molecule has 1 saturated carbocycles. The summed E-state index contributed by atoms with van der Waals surface area (Å²) in [7, 11) is 0. The van der Waals surface area contributed by atoms with Gasteiger partial charge in [-0.3, -0.25) is 0 Å². The van der Waals surface area contributed by atoms with Crippen molar-refractivity contribution >= 4 is 11.6 Å². The van der Waals surface area contributed by atoms with Gasteiger partial charge >= 0.3 is 12.0 Å². The third-order valence-electron chi connectivity index (χ3n) is 3.13. The number of halogens is 1. The second-order valence-electron chi connectivity index (χ2n) is 4.52. The van der Waals surface area contributed by atoms with Crippen molar-refractivity contribution in [2.24, 2.45) is 5.92 Å². The van der Waals surface area contributed by atoms with E-state index < -0.39 is 0 Å². The standard InChI is InChI=1S/C12H18ClN3O2/c1-3-17-11-14-10(13)15-12(16-11)18-9-7-5-4-6-8(9)2/h8-9H,3-7H2,1-2H3. The quantitative estimate of drug-likeness (QED) is 0.843. The van der Waals surface area contributed by atoms with E-state index in [-0.39, 0.29) is 23.4 Å². The normalized spacial score (nSPS) is 23.7. The smallest absolute Gasteiger partial charge is 0.324 e. The van der Waals surface area contributed by atoms with Crippen LogP contribution in [0, 0.1) is 5.92 Å². The molecule has 0 amide bonds. The average Bonchev–Trinajstić information content (AvgIpc) is 2.32. The van der Waals surface area contributed by atoms with Crippen LogP contribution >= 0.6 is 11.6 Å². The lowest BCUT2D eigenvalue weighted by molar-refractivity contribution is 0.0907. The molecule has 1 aromatic heterocycles. The van der Waals surface area contributed by atoms with Gasteiger partial charge in [-0.25, -0.2) is 0 Å². The molecule has 2 unspecified atom stereocenters. The highest BCUT2D eigenvalue weighted by Crippen LogP contribution is 2.27. The van der Waals surface area contributed by atoms with Crippen LogP contribution in [-0.4, -0.2) is 27.7 Å². The SMILES string of the molecule is CCOc1nc(Cl)nc(OC2CCCCC2C)n1. The third kappa shape index (κ3) is 3.45. The molecule has 100 valence electrons. The van der Waals surface area contributed by atoms with Crippen LogP contribution in [0.5, 0.6) is 12.0 Å². The number of rotatable bonds is 4. The minimum atomic E-state index is 0.104. The van der Waals surface area contributed by atoms with Gasteiger partial charge in [0, 0.05) is 0 Å². The summed E-state index contributed by atoms with van der Waals surface area (Å²) in [5.41, 5.74) is 0. The van der Waals surface area contributed by atoms with Crippen molar-refractivity contribution in [3.63, 3.8) is 0 Å². The summed E-state index contributed by atoms with van der Waals surface area (Å²) in [5, 5.41) is 0.104. The molecule has 0 spiro atoms. The molecule has 6 heteroatoms. The van der Waals surface area contributed by atoms with Crippen molar-refractivity contribution in [1.29, 1.82) is 0 Å². The Bertz CT molecular complexity index is 403. The fourth-order valence-electron chi connectivity index (χ4n) is 2.15. The van der Waals surface area contributed by atoms with Crippen LogP contribution in [0.2, 0.25) is 5.28 Å². The van der Waals surface area contributed by atoms with Gasteiger partial charge in [-0.15, -0.1) is 4.98 Å². The number of hydrogen-bond donors (Lipinski definition) is 0. The summed E-state index contributed by atoms with van der Waals surface area (Å²) in [4.78, 5) is 12.0. The Morgan fingerprint density at radius 3 is 2.61 bits per heavy atom. The van der Waals surface area contributed by atoms with Crippen LogP contribution in [0.25, 0.3) is 0 Å². The van der Waals surface area contributed by atoms with Crippen LogP contribution in [0.4, 0.5) is 0 Å². The maximum absolute atomic E-state index is 5.82. The van der Waals surface area contributed by atoms with Gasteiger partial charge in [-0.05, 0) is 43.7 Å². The lowest BCUT2D eigenvalue weighted by Gasteiger charge is -2.28. The Kier molecular flexibility index (Phi) is 4.58. The Labute approximate surface area is 112 Å². The summed E-state index contributed by atoms with van der Waals surface area (Å²) >= 11 is 5.82. The molecule has 18 heavy (non-hydrogen) atoms. The van der Waals surface area contributed by atoms with E-state index in [0.29, 0.717) is 12.5 Å². The molecule has 1 fully saturated rings. The summed E-state index contributed by atoms with van der Waals surface area (Å²) in [6.07, 6.45) is 4.83. The molecule has 1 heterocycles. The Morgan fingerprint density at radius 2 is 1.89 bits per heavy atom. The fourth-order valence-corrected chi connectivity index (χ4v) is 2.30. The van der Waals surface area contributed by atoms with E-state index in [0.717, 1.165) is 6.42 Å². The predicted molar refractivity (Wildman–Crippen MR) is 68.1 cm³/mol. The summed E-state index contributed by atoms with van der Waals surface area (Å²) < 4.78 is 11.0. The molecule has 0 bridgehead atoms. The molecule has 1 aliphatic rings. The minimum absolute atomic E-state index is 0.104. The van der Waals surface area contributed by atoms with Crippen molar-refractivity contribution in [3.8, 4) is 12.0 Å². The minimum Gasteiger partial charge on any atom is -0.464 e. The van der Waals surface area contributed by atoms with Gasteiger partial charge in [0.25, 0.3) is 0 Å². The Balaban J connectivity index is 2.07. The van der Waals surface area contributed by atoms with Gasteiger partial charge in [0.05, 0.1) is 6.61 Å². The van der Waals surface area contributed by atoms with Crippen molar-refractivity contribution in [2.75, 3.05) is 6.61 Å². The molecule has 0 radical (unpaired) electrons. The average molecular weight is 272 g/mol. The van der Waals surface area contributed by atoms with E-state index in [1.54, 1.807) is 0 Å². The maximum atomic E-state index is 5.82. The molecular weight excluding hydrogens is 254 g/mol. The second-order valence-corrected chi connectivity index (χ2v) is 4.86.